The number of alkyl carbamates (subject to hydrolysis) is 1. The normalized spacial score (nSPS) is 15.4. The molecule has 0 bridgehead atoms. The minimum Gasteiger partial charge on any atom is -0.444 e. The lowest BCUT2D eigenvalue weighted by Crippen LogP contribution is -2.55. The van der Waals surface area contributed by atoms with Crippen molar-refractivity contribution in [3.05, 3.63) is 34.9 Å². The van der Waals surface area contributed by atoms with Gasteiger partial charge in [0.1, 0.15) is 17.7 Å². The predicted molar refractivity (Wildman–Crippen MR) is 138 cm³/mol. The molecule has 2 atom stereocenters. The van der Waals surface area contributed by atoms with Crippen molar-refractivity contribution in [1.29, 1.82) is 0 Å². The molecule has 1 fully saturated rings. The number of carbonyl (C=O) groups is 4. The number of hydrogen-bond acceptors (Lipinski definition) is 5. The fourth-order valence-corrected chi connectivity index (χ4v) is 4.09. The lowest BCUT2D eigenvalue weighted by molar-refractivity contribution is -0.144. The second-order valence-electron chi connectivity index (χ2n) is 11.7. The summed E-state index contributed by atoms with van der Waals surface area (Å²) in [5.41, 5.74) is 6.70. The summed E-state index contributed by atoms with van der Waals surface area (Å²) in [5.74, 6) is -1.34. The van der Waals surface area contributed by atoms with Crippen molar-refractivity contribution in [2.45, 2.75) is 110 Å². The largest absolute Gasteiger partial charge is 0.444 e. The number of ether oxygens (including phenoxy) is 1. The molecule has 1 aliphatic rings. The Kier molecular flexibility index (Phi) is 9.15. The minimum absolute atomic E-state index is 0.00289. The van der Waals surface area contributed by atoms with Crippen LogP contribution in [0.1, 0.15) is 90.0 Å². The SMILES string of the molecule is Cc1cc(C)cc(C(C(=O)NC(C)(C)C)N(C(=O)C(CCC(N)=O)NC(=O)OC(C)(C)C)C2CC2)c1. The Labute approximate surface area is 214 Å². The third-order valence-electron chi connectivity index (χ3n) is 5.45. The molecule has 0 saturated heterocycles. The molecule has 9 nitrogen and oxygen atoms in total. The van der Waals surface area contributed by atoms with Crippen LogP contribution in [0.5, 0.6) is 0 Å². The first-order valence-electron chi connectivity index (χ1n) is 12.5. The zero-order valence-corrected chi connectivity index (χ0v) is 22.9. The summed E-state index contributed by atoms with van der Waals surface area (Å²) in [7, 11) is 0. The Morgan fingerprint density at radius 1 is 1.03 bits per heavy atom. The van der Waals surface area contributed by atoms with Gasteiger partial charge in [0.25, 0.3) is 0 Å². The molecule has 1 aliphatic carbocycles. The van der Waals surface area contributed by atoms with Crippen LogP contribution < -0.4 is 16.4 Å². The molecule has 1 aromatic rings. The smallest absolute Gasteiger partial charge is 0.408 e. The van der Waals surface area contributed by atoms with Crippen molar-refractivity contribution in [1.82, 2.24) is 15.5 Å². The maximum absolute atomic E-state index is 14.0. The van der Waals surface area contributed by atoms with E-state index in [0.717, 1.165) is 24.0 Å². The number of primary amides is 1. The van der Waals surface area contributed by atoms with Gasteiger partial charge < -0.3 is 26.0 Å². The highest BCUT2D eigenvalue weighted by Crippen LogP contribution is 2.36. The fraction of sp³-hybridized carbons (Fsp3) is 0.630. The van der Waals surface area contributed by atoms with Crippen LogP contribution in [0.2, 0.25) is 0 Å². The van der Waals surface area contributed by atoms with Gasteiger partial charge in [0.05, 0.1) is 0 Å². The summed E-state index contributed by atoms with van der Waals surface area (Å²) >= 11 is 0. The molecule has 0 aromatic heterocycles. The molecular weight excluding hydrogens is 460 g/mol. The van der Waals surface area contributed by atoms with E-state index in [9.17, 15) is 19.2 Å². The maximum atomic E-state index is 14.0. The van der Waals surface area contributed by atoms with E-state index in [1.807, 2.05) is 52.8 Å². The van der Waals surface area contributed by atoms with Gasteiger partial charge in [-0.15, -0.1) is 0 Å². The highest BCUT2D eigenvalue weighted by Gasteiger charge is 2.44. The molecule has 1 saturated carbocycles. The van der Waals surface area contributed by atoms with Crippen LogP contribution in [0.25, 0.3) is 0 Å². The van der Waals surface area contributed by atoms with Crippen LogP contribution in [0.4, 0.5) is 4.79 Å². The van der Waals surface area contributed by atoms with Gasteiger partial charge in [0.15, 0.2) is 0 Å². The third-order valence-corrected chi connectivity index (χ3v) is 5.45. The summed E-state index contributed by atoms with van der Waals surface area (Å²) in [5, 5.41) is 5.63. The van der Waals surface area contributed by atoms with E-state index in [1.165, 1.54) is 0 Å². The van der Waals surface area contributed by atoms with Crippen molar-refractivity contribution in [3.8, 4) is 0 Å². The number of nitrogens with two attached hydrogens (primary N) is 1. The number of amides is 4. The van der Waals surface area contributed by atoms with E-state index < -0.39 is 41.1 Å². The van der Waals surface area contributed by atoms with Gasteiger partial charge in [0.2, 0.25) is 17.7 Å². The second kappa shape index (κ2) is 11.3. The Morgan fingerprint density at radius 2 is 1.58 bits per heavy atom. The van der Waals surface area contributed by atoms with Crippen molar-refractivity contribution < 1.29 is 23.9 Å². The standard InChI is InChI=1S/C27H42N4O5/c1-16-13-17(2)15-18(14-16)22(23(33)30-26(3,4)5)31(19-9-10-19)24(34)20(11-12-21(28)32)29-25(35)36-27(6,7)8/h13-15,19-20,22H,9-12H2,1-8H3,(H2,28,32)(H,29,35)(H,30,33). The summed E-state index contributed by atoms with van der Waals surface area (Å²) < 4.78 is 5.35. The number of hydrogen-bond donors (Lipinski definition) is 3. The number of carbonyl (C=O) groups excluding carboxylic acids is 4. The Hall–Kier alpha value is -3.10. The number of aryl methyl sites for hydroxylation is 2. The molecule has 0 heterocycles. The van der Waals surface area contributed by atoms with E-state index in [0.29, 0.717) is 5.56 Å². The first kappa shape index (κ1) is 29.1. The summed E-state index contributed by atoms with van der Waals surface area (Å²) in [4.78, 5) is 53.4. The van der Waals surface area contributed by atoms with E-state index in [2.05, 4.69) is 10.6 Å². The Morgan fingerprint density at radius 3 is 2.03 bits per heavy atom. The number of nitrogens with zero attached hydrogens (tertiary/aromatic N) is 1. The molecule has 0 spiro atoms. The maximum Gasteiger partial charge on any atom is 0.408 e. The fourth-order valence-electron chi connectivity index (χ4n) is 4.09. The highest BCUT2D eigenvalue weighted by atomic mass is 16.6. The van der Waals surface area contributed by atoms with Gasteiger partial charge in [0, 0.05) is 18.0 Å². The zero-order valence-electron chi connectivity index (χ0n) is 22.9. The molecule has 4 amide bonds. The van der Waals surface area contributed by atoms with Crippen LogP contribution in [0.15, 0.2) is 18.2 Å². The van der Waals surface area contributed by atoms with Crippen LogP contribution >= 0.6 is 0 Å². The third kappa shape index (κ3) is 9.17. The number of rotatable bonds is 9. The van der Waals surface area contributed by atoms with Crippen LogP contribution in [0.3, 0.4) is 0 Å². The molecule has 1 aromatic carbocycles. The topological polar surface area (TPSA) is 131 Å². The zero-order chi connectivity index (χ0) is 27.4. The van der Waals surface area contributed by atoms with Crippen molar-refractivity contribution in [2.75, 3.05) is 0 Å². The average molecular weight is 503 g/mol. The van der Waals surface area contributed by atoms with E-state index >= 15 is 0 Å². The predicted octanol–water partition coefficient (Wildman–Crippen LogP) is 3.41. The molecule has 4 N–H and O–H groups in total. The minimum atomic E-state index is -1.08. The van der Waals surface area contributed by atoms with Crippen LogP contribution in [-0.4, -0.2) is 51.9 Å². The summed E-state index contributed by atoms with van der Waals surface area (Å²) in [6.07, 6.45) is 0.600. The monoisotopic (exact) mass is 502 g/mol. The van der Waals surface area contributed by atoms with Crippen LogP contribution in [0, 0.1) is 13.8 Å². The van der Waals surface area contributed by atoms with Gasteiger partial charge in [-0.25, -0.2) is 4.79 Å². The quantitative estimate of drug-likeness (QED) is 0.476. The molecule has 9 heteroatoms. The number of nitrogens with one attached hydrogen (secondary N) is 2. The molecule has 200 valence electrons. The second-order valence-corrected chi connectivity index (χ2v) is 11.7. The van der Waals surface area contributed by atoms with Gasteiger partial charge in [-0.05, 0) is 80.2 Å². The van der Waals surface area contributed by atoms with E-state index in [4.69, 9.17) is 10.5 Å². The first-order valence-corrected chi connectivity index (χ1v) is 12.5. The highest BCUT2D eigenvalue weighted by molar-refractivity contribution is 5.93. The molecular formula is C27H42N4O5. The van der Waals surface area contributed by atoms with Gasteiger partial charge in [-0.3, -0.25) is 14.4 Å². The Bertz CT molecular complexity index is 969. The van der Waals surface area contributed by atoms with Crippen molar-refractivity contribution in [2.24, 2.45) is 5.73 Å². The van der Waals surface area contributed by atoms with Gasteiger partial charge in [-0.1, -0.05) is 29.3 Å². The van der Waals surface area contributed by atoms with Gasteiger partial charge >= 0.3 is 6.09 Å². The van der Waals surface area contributed by atoms with Crippen molar-refractivity contribution in [3.63, 3.8) is 0 Å². The van der Waals surface area contributed by atoms with Gasteiger partial charge in [-0.2, -0.15) is 0 Å². The molecule has 0 aliphatic heterocycles. The lowest BCUT2D eigenvalue weighted by atomic mass is 9.96. The van der Waals surface area contributed by atoms with Crippen molar-refractivity contribution >= 4 is 23.8 Å². The molecule has 36 heavy (non-hydrogen) atoms. The summed E-state index contributed by atoms with van der Waals surface area (Å²) in [6, 6.07) is 3.67. The lowest BCUT2D eigenvalue weighted by Gasteiger charge is -2.36. The van der Waals surface area contributed by atoms with Crippen LogP contribution in [-0.2, 0) is 19.1 Å². The molecule has 0 radical (unpaired) electrons. The number of benzene rings is 1. The molecule has 2 unspecified atom stereocenters. The average Bonchev–Trinajstić information content (AvgIpc) is 3.49. The summed E-state index contributed by atoms with van der Waals surface area (Å²) in [6.45, 7) is 14.7. The Balaban J connectivity index is 2.51. The molecule has 2 rings (SSSR count). The first-order chi connectivity index (χ1) is 16.5. The van der Waals surface area contributed by atoms with E-state index in [1.54, 1.807) is 25.7 Å². The van der Waals surface area contributed by atoms with E-state index in [-0.39, 0.29) is 24.8 Å².